The summed E-state index contributed by atoms with van der Waals surface area (Å²) >= 11 is 0. The highest BCUT2D eigenvalue weighted by Gasteiger charge is 2.13. The van der Waals surface area contributed by atoms with E-state index in [1.54, 1.807) is 7.11 Å². The molecular weight excluding hydrogens is 218 g/mol. The highest BCUT2D eigenvalue weighted by molar-refractivity contribution is 5.77. The Balaban J connectivity index is 3.03. The molecule has 94 valence electrons. The van der Waals surface area contributed by atoms with Crippen LogP contribution in [0.4, 0.5) is 5.69 Å². The zero-order chi connectivity index (χ0) is 13.0. The lowest BCUT2D eigenvalue weighted by molar-refractivity contribution is -0.138. The molecule has 1 rings (SSSR count). The van der Waals surface area contributed by atoms with Crippen LogP contribution < -0.4 is 9.64 Å². The minimum Gasteiger partial charge on any atom is -0.495 e. The van der Waals surface area contributed by atoms with E-state index >= 15 is 0 Å². The topological polar surface area (TPSA) is 38.8 Å². The van der Waals surface area contributed by atoms with E-state index in [-0.39, 0.29) is 12.5 Å². The predicted molar refractivity (Wildman–Crippen MR) is 67.8 cm³/mol. The molecule has 0 saturated heterocycles. The van der Waals surface area contributed by atoms with E-state index in [0.717, 1.165) is 22.6 Å². The monoisotopic (exact) mass is 237 g/mol. The number of esters is 1. The van der Waals surface area contributed by atoms with E-state index in [4.69, 9.17) is 4.74 Å². The second kappa shape index (κ2) is 5.57. The first-order valence-electron chi connectivity index (χ1n) is 5.42. The summed E-state index contributed by atoms with van der Waals surface area (Å²) in [6.07, 6.45) is 0. The quantitative estimate of drug-likeness (QED) is 0.750. The van der Waals surface area contributed by atoms with Gasteiger partial charge in [-0.2, -0.15) is 0 Å². The molecule has 0 atom stereocenters. The Morgan fingerprint density at radius 3 is 2.35 bits per heavy atom. The largest absolute Gasteiger partial charge is 0.495 e. The van der Waals surface area contributed by atoms with Crippen LogP contribution in [0, 0.1) is 13.8 Å². The van der Waals surface area contributed by atoms with E-state index in [1.807, 2.05) is 37.9 Å². The van der Waals surface area contributed by atoms with Gasteiger partial charge in [0.15, 0.2) is 0 Å². The van der Waals surface area contributed by atoms with Gasteiger partial charge in [0.2, 0.25) is 0 Å². The van der Waals surface area contributed by atoms with Gasteiger partial charge in [-0.3, -0.25) is 4.79 Å². The van der Waals surface area contributed by atoms with Crippen LogP contribution in [0.1, 0.15) is 11.1 Å². The van der Waals surface area contributed by atoms with Crippen molar-refractivity contribution in [1.29, 1.82) is 0 Å². The molecule has 0 spiro atoms. The summed E-state index contributed by atoms with van der Waals surface area (Å²) in [5.41, 5.74) is 3.22. The molecule has 0 aliphatic rings. The van der Waals surface area contributed by atoms with Crippen molar-refractivity contribution in [2.45, 2.75) is 13.8 Å². The molecule has 0 N–H and O–H groups in total. The molecule has 0 bridgehead atoms. The lowest BCUT2D eigenvalue weighted by Gasteiger charge is -2.21. The molecule has 0 aliphatic carbocycles. The van der Waals surface area contributed by atoms with Crippen LogP contribution in [0.3, 0.4) is 0 Å². The Morgan fingerprint density at radius 1 is 1.24 bits per heavy atom. The first-order chi connectivity index (χ1) is 7.99. The summed E-state index contributed by atoms with van der Waals surface area (Å²) in [6.45, 7) is 4.27. The molecule has 0 unspecified atom stereocenters. The summed E-state index contributed by atoms with van der Waals surface area (Å²) in [5.74, 6) is 0.493. The number of aryl methyl sites for hydroxylation is 2. The van der Waals surface area contributed by atoms with E-state index in [2.05, 4.69) is 4.74 Å². The molecule has 0 fully saturated rings. The lowest BCUT2D eigenvalue weighted by atomic mass is 10.1. The minimum atomic E-state index is -0.271. The summed E-state index contributed by atoms with van der Waals surface area (Å²) in [5, 5.41) is 0. The summed E-state index contributed by atoms with van der Waals surface area (Å²) in [6, 6.07) is 3.98. The fourth-order valence-corrected chi connectivity index (χ4v) is 1.58. The number of anilines is 1. The Bertz CT molecular complexity index is 415. The van der Waals surface area contributed by atoms with Gasteiger partial charge < -0.3 is 14.4 Å². The maximum Gasteiger partial charge on any atom is 0.325 e. The standard InChI is InChI=1S/C13H19NO3/c1-9-6-11(12(16-4)7-10(9)2)14(3)8-13(15)17-5/h6-7H,8H2,1-5H3. The van der Waals surface area contributed by atoms with Crippen LogP contribution in [-0.4, -0.2) is 33.8 Å². The number of carbonyl (C=O) groups is 1. The third-order valence-electron chi connectivity index (χ3n) is 2.80. The number of ether oxygens (including phenoxy) is 2. The molecule has 0 heterocycles. The number of benzene rings is 1. The summed E-state index contributed by atoms with van der Waals surface area (Å²) in [4.78, 5) is 13.1. The van der Waals surface area contributed by atoms with Gasteiger partial charge >= 0.3 is 5.97 Å². The number of methoxy groups -OCH3 is 2. The normalized spacial score (nSPS) is 9.94. The Morgan fingerprint density at radius 2 is 1.82 bits per heavy atom. The fraction of sp³-hybridized carbons (Fsp3) is 0.462. The maximum absolute atomic E-state index is 11.2. The third-order valence-corrected chi connectivity index (χ3v) is 2.80. The molecule has 0 radical (unpaired) electrons. The number of carbonyl (C=O) groups excluding carboxylic acids is 1. The molecule has 0 aliphatic heterocycles. The smallest absolute Gasteiger partial charge is 0.325 e. The zero-order valence-corrected chi connectivity index (χ0v) is 11.0. The molecule has 1 aromatic rings. The van der Waals surface area contributed by atoms with Crippen molar-refractivity contribution in [3.63, 3.8) is 0 Å². The van der Waals surface area contributed by atoms with Gasteiger partial charge in [-0.25, -0.2) is 0 Å². The Kier molecular flexibility index (Phi) is 4.37. The molecule has 17 heavy (non-hydrogen) atoms. The van der Waals surface area contributed by atoms with Gasteiger partial charge in [0.25, 0.3) is 0 Å². The fourth-order valence-electron chi connectivity index (χ4n) is 1.58. The van der Waals surface area contributed by atoms with Crippen LogP contribution in [0.15, 0.2) is 12.1 Å². The van der Waals surface area contributed by atoms with Gasteiger partial charge in [-0.05, 0) is 37.1 Å². The third kappa shape index (κ3) is 3.12. The molecule has 4 nitrogen and oxygen atoms in total. The first kappa shape index (κ1) is 13.4. The highest BCUT2D eigenvalue weighted by Crippen LogP contribution is 2.30. The van der Waals surface area contributed by atoms with Gasteiger partial charge in [0.05, 0.1) is 19.9 Å². The van der Waals surface area contributed by atoms with E-state index in [9.17, 15) is 4.79 Å². The number of nitrogens with zero attached hydrogens (tertiary/aromatic N) is 1. The Hall–Kier alpha value is -1.71. The lowest BCUT2D eigenvalue weighted by Crippen LogP contribution is -2.26. The Labute approximate surface area is 102 Å². The number of hydrogen-bond donors (Lipinski definition) is 0. The number of rotatable bonds is 4. The second-order valence-corrected chi connectivity index (χ2v) is 4.04. The van der Waals surface area contributed by atoms with Crippen LogP contribution >= 0.6 is 0 Å². The van der Waals surface area contributed by atoms with E-state index in [1.165, 1.54) is 7.11 Å². The van der Waals surface area contributed by atoms with E-state index < -0.39 is 0 Å². The van der Waals surface area contributed by atoms with E-state index in [0.29, 0.717) is 0 Å². The summed E-state index contributed by atoms with van der Waals surface area (Å²) in [7, 11) is 4.84. The first-order valence-corrected chi connectivity index (χ1v) is 5.42. The van der Waals surface area contributed by atoms with Crippen molar-refractivity contribution < 1.29 is 14.3 Å². The van der Waals surface area contributed by atoms with Gasteiger partial charge in [0.1, 0.15) is 12.3 Å². The number of hydrogen-bond acceptors (Lipinski definition) is 4. The zero-order valence-electron chi connectivity index (χ0n) is 11.0. The second-order valence-electron chi connectivity index (χ2n) is 4.04. The van der Waals surface area contributed by atoms with Gasteiger partial charge in [0, 0.05) is 7.05 Å². The van der Waals surface area contributed by atoms with Crippen molar-refractivity contribution in [3.05, 3.63) is 23.3 Å². The average Bonchev–Trinajstić information content (AvgIpc) is 2.31. The van der Waals surface area contributed by atoms with Crippen molar-refractivity contribution in [2.75, 3.05) is 32.7 Å². The van der Waals surface area contributed by atoms with Gasteiger partial charge in [-0.15, -0.1) is 0 Å². The molecule has 0 aromatic heterocycles. The SMILES string of the molecule is COC(=O)CN(C)c1cc(C)c(C)cc1OC. The van der Waals surface area contributed by atoms with Crippen LogP contribution in [0.2, 0.25) is 0 Å². The van der Waals surface area contributed by atoms with Crippen molar-refractivity contribution in [3.8, 4) is 5.75 Å². The highest BCUT2D eigenvalue weighted by atomic mass is 16.5. The predicted octanol–water partition coefficient (Wildman–Crippen LogP) is 1.92. The maximum atomic E-state index is 11.2. The van der Waals surface area contributed by atoms with Crippen molar-refractivity contribution in [1.82, 2.24) is 0 Å². The molecular formula is C13H19NO3. The van der Waals surface area contributed by atoms with Crippen LogP contribution in [0.5, 0.6) is 5.75 Å². The molecule has 4 heteroatoms. The van der Waals surface area contributed by atoms with Crippen molar-refractivity contribution in [2.24, 2.45) is 0 Å². The summed E-state index contributed by atoms with van der Waals surface area (Å²) < 4.78 is 9.97. The molecule has 0 amide bonds. The van der Waals surface area contributed by atoms with Crippen LogP contribution in [0.25, 0.3) is 0 Å². The van der Waals surface area contributed by atoms with Gasteiger partial charge in [-0.1, -0.05) is 0 Å². The van der Waals surface area contributed by atoms with Crippen molar-refractivity contribution >= 4 is 11.7 Å². The molecule has 1 aromatic carbocycles. The average molecular weight is 237 g/mol. The minimum absolute atomic E-state index is 0.204. The molecule has 0 saturated carbocycles. The van der Waals surface area contributed by atoms with Crippen LogP contribution in [-0.2, 0) is 9.53 Å². The number of likely N-dealkylation sites (N-methyl/N-ethyl adjacent to an activating group) is 1.